The van der Waals surface area contributed by atoms with Crippen LogP contribution in [0.4, 0.5) is 26.3 Å². The van der Waals surface area contributed by atoms with Crippen LogP contribution in [0.1, 0.15) is 0 Å². The molecule has 0 radical (unpaired) electrons. The van der Waals surface area contributed by atoms with Gasteiger partial charge < -0.3 is 9.72 Å². The van der Waals surface area contributed by atoms with Crippen LogP contribution in [0.15, 0.2) is 30.3 Å². The van der Waals surface area contributed by atoms with Gasteiger partial charge in [-0.1, -0.05) is 0 Å². The van der Waals surface area contributed by atoms with Crippen LogP contribution in [0.2, 0.25) is 0 Å². The number of aromatic amines is 1. The van der Waals surface area contributed by atoms with E-state index in [1.165, 1.54) is 0 Å². The Morgan fingerprint density at radius 2 is 1.61 bits per heavy atom. The Morgan fingerprint density at radius 1 is 0.913 bits per heavy atom. The van der Waals surface area contributed by atoms with Gasteiger partial charge >= 0.3 is 6.36 Å². The predicted octanol–water partition coefficient (Wildman–Crippen LogP) is 4.55. The van der Waals surface area contributed by atoms with Crippen LogP contribution >= 0.6 is 0 Å². The molecule has 0 aliphatic heterocycles. The van der Waals surface area contributed by atoms with E-state index in [1.807, 2.05) is 0 Å². The first-order chi connectivity index (χ1) is 10.7. The molecule has 120 valence electrons. The molecule has 0 bridgehead atoms. The molecule has 0 amide bonds. The Bertz CT molecular complexity index is 848. The van der Waals surface area contributed by atoms with Crippen molar-refractivity contribution >= 4 is 11.0 Å². The lowest BCUT2D eigenvalue weighted by Gasteiger charge is -2.10. The van der Waals surface area contributed by atoms with E-state index in [-0.39, 0.29) is 22.4 Å². The van der Waals surface area contributed by atoms with Crippen molar-refractivity contribution < 1.29 is 31.1 Å². The van der Waals surface area contributed by atoms with Crippen LogP contribution in [-0.4, -0.2) is 16.3 Å². The Morgan fingerprint density at radius 3 is 2.30 bits per heavy atom. The van der Waals surface area contributed by atoms with Gasteiger partial charge in [0.15, 0.2) is 23.2 Å². The third-order valence-corrected chi connectivity index (χ3v) is 2.95. The third-order valence-electron chi connectivity index (χ3n) is 2.95. The molecule has 0 fully saturated rings. The fourth-order valence-electron chi connectivity index (χ4n) is 2.00. The lowest BCUT2D eigenvalue weighted by Crippen LogP contribution is -2.18. The molecule has 0 spiro atoms. The van der Waals surface area contributed by atoms with Crippen molar-refractivity contribution in [2.45, 2.75) is 6.36 Å². The van der Waals surface area contributed by atoms with Crippen molar-refractivity contribution in [1.29, 1.82) is 0 Å². The molecule has 2 aromatic carbocycles. The quantitative estimate of drug-likeness (QED) is 0.700. The molecule has 23 heavy (non-hydrogen) atoms. The summed E-state index contributed by atoms with van der Waals surface area (Å²) >= 11 is 0. The molecule has 3 rings (SSSR count). The number of aromatic nitrogens is 2. The molecule has 9 heteroatoms. The molecular weight excluding hydrogens is 326 g/mol. The van der Waals surface area contributed by atoms with Crippen molar-refractivity contribution in [3.05, 3.63) is 47.8 Å². The molecule has 0 saturated carbocycles. The Balaban J connectivity index is 2.06. The van der Waals surface area contributed by atoms with Crippen molar-refractivity contribution in [2.75, 3.05) is 0 Å². The summed E-state index contributed by atoms with van der Waals surface area (Å²) in [4.78, 5) is 6.54. The smallest absolute Gasteiger partial charge is 0.403 e. The maximum atomic E-state index is 13.4. The minimum Gasteiger partial charge on any atom is -0.403 e. The average Bonchev–Trinajstić information content (AvgIpc) is 2.83. The number of nitrogens with zero attached hydrogens (tertiary/aromatic N) is 1. The SMILES string of the molecule is Fc1cc2nc(-c3ccc(F)c(OC(F)(F)F)c3)[nH]c2cc1F. The number of nitrogens with one attached hydrogen (secondary N) is 1. The topological polar surface area (TPSA) is 37.9 Å². The van der Waals surface area contributed by atoms with Gasteiger partial charge in [0, 0.05) is 17.7 Å². The van der Waals surface area contributed by atoms with Crippen molar-refractivity contribution in [3.8, 4) is 17.1 Å². The van der Waals surface area contributed by atoms with E-state index in [2.05, 4.69) is 14.7 Å². The number of alkyl halides is 3. The van der Waals surface area contributed by atoms with E-state index in [0.29, 0.717) is 0 Å². The van der Waals surface area contributed by atoms with Gasteiger partial charge in [-0.2, -0.15) is 0 Å². The van der Waals surface area contributed by atoms with E-state index in [0.717, 1.165) is 30.3 Å². The molecule has 0 aliphatic carbocycles. The van der Waals surface area contributed by atoms with Gasteiger partial charge in [-0.15, -0.1) is 13.2 Å². The van der Waals surface area contributed by atoms with Crippen LogP contribution in [0.3, 0.4) is 0 Å². The number of ether oxygens (including phenoxy) is 1. The highest BCUT2D eigenvalue weighted by Crippen LogP contribution is 2.30. The summed E-state index contributed by atoms with van der Waals surface area (Å²) in [6.45, 7) is 0. The van der Waals surface area contributed by atoms with Crippen LogP contribution in [0, 0.1) is 17.5 Å². The molecule has 1 N–H and O–H groups in total. The normalized spacial score (nSPS) is 11.9. The van der Waals surface area contributed by atoms with E-state index in [9.17, 15) is 26.3 Å². The minimum absolute atomic E-state index is 0.0111. The van der Waals surface area contributed by atoms with Gasteiger partial charge in [-0.25, -0.2) is 18.2 Å². The number of fused-ring (bicyclic) bond motifs is 1. The number of rotatable bonds is 2. The number of H-pyrrole nitrogens is 1. The first-order valence-electron chi connectivity index (χ1n) is 6.13. The molecule has 3 nitrogen and oxygen atoms in total. The number of halogens is 6. The van der Waals surface area contributed by atoms with Gasteiger partial charge in [0.25, 0.3) is 0 Å². The highest BCUT2D eigenvalue weighted by atomic mass is 19.4. The van der Waals surface area contributed by atoms with Crippen molar-refractivity contribution in [2.24, 2.45) is 0 Å². The molecule has 0 aliphatic rings. The van der Waals surface area contributed by atoms with Crippen molar-refractivity contribution in [1.82, 2.24) is 9.97 Å². The zero-order valence-corrected chi connectivity index (χ0v) is 11.0. The van der Waals surface area contributed by atoms with Crippen LogP contribution < -0.4 is 4.74 Å². The fraction of sp³-hybridized carbons (Fsp3) is 0.0714. The van der Waals surface area contributed by atoms with Gasteiger partial charge in [-0.3, -0.25) is 0 Å². The van der Waals surface area contributed by atoms with Gasteiger partial charge in [0.1, 0.15) is 5.82 Å². The van der Waals surface area contributed by atoms with Gasteiger partial charge in [-0.05, 0) is 18.2 Å². The molecule has 1 aromatic heterocycles. The molecule has 0 atom stereocenters. The number of benzene rings is 2. The van der Waals surface area contributed by atoms with Crippen LogP contribution in [0.5, 0.6) is 5.75 Å². The standard InChI is InChI=1S/C14H6F6N2O/c15-7-2-1-6(3-12(7)23-14(18,19)20)13-21-10-4-8(16)9(17)5-11(10)22-13/h1-5H,(H,21,22). The second kappa shape index (κ2) is 5.18. The summed E-state index contributed by atoms with van der Waals surface area (Å²) in [7, 11) is 0. The Labute approximate surface area is 124 Å². The first-order valence-corrected chi connectivity index (χ1v) is 6.13. The Hall–Kier alpha value is -2.71. The molecule has 0 saturated heterocycles. The maximum Gasteiger partial charge on any atom is 0.573 e. The third kappa shape index (κ3) is 3.08. The lowest BCUT2D eigenvalue weighted by atomic mass is 10.2. The summed E-state index contributed by atoms with van der Waals surface area (Å²) in [6.07, 6.45) is -5.06. The van der Waals surface area contributed by atoms with E-state index in [1.54, 1.807) is 0 Å². The zero-order valence-electron chi connectivity index (χ0n) is 11.0. The highest BCUT2D eigenvalue weighted by molar-refractivity contribution is 5.79. The maximum absolute atomic E-state index is 13.4. The molecule has 0 unspecified atom stereocenters. The monoisotopic (exact) mass is 332 g/mol. The summed E-state index contributed by atoms with van der Waals surface area (Å²) in [5.74, 6) is -4.45. The summed E-state index contributed by atoms with van der Waals surface area (Å²) < 4.78 is 79.9. The number of hydrogen-bond acceptors (Lipinski definition) is 2. The zero-order chi connectivity index (χ0) is 16.8. The first kappa shape index (κ1) is 15.2. The highest BCUT2D eigenvalue weighted by Gasteiger charge is 2.32. The minimum atomic E-state index is -5.06. The summed E-state index contributed by atoms with van der Waals surface area (Å²) in [5, 5.41) is 0. The molecule has 1 heterocycles. The molecule has 3 aromatic rings. The van der Waals surface area contributed by atoms with Gasteiger partial charge in [0.05, 0.1) is 11.0 Å². The summed E-state index contributed by atoms with van der Waals surface area (Å²) in [5.41, 5.74) is 0.269. The largest absolute Gasteiger partial charge is 0.573 e. The second-order valence-corrected chi connectivity index (χ2v) is 4.56. The fourth-order valence-corrected chi connectivity index (χ4v) is 2.00. The van der Waals surface area contributed by atoms with Gasteiger partial charge in [0.2, 0.25) is 0 Å². The summed E-state index contributed by atoms with van der Waals surface area (Å²) in [6, 6.07) is 4.40. The van der Waals surface area contributed by atoms with Crippen molar-refractivity contribution in [3.63, 3.8) is 0 Å². The average molecular weight is 332 g/mol. The predicted molar refractivity (Wildman–Crippen MR) is 68.1 cm³/mol. The van der Waals surface area contributed by atoms with Crippen LogP contribution in [0.25, 0.3) is 22.4 Å². The molecular formula is C14H6F6N2O. The van der Waals surface area contributed by atoms with E-state index >= 15 is 0 Å². The Kier molecular flexibility index (Phi) is 3.42. The number of hydrogen-bond donors (Lipinski definition) is 1. The second-order valence-electron chi connectivity index (χ2n) is 4.56. The van der Waals surface area contributed by atoms with E-state index in [4.69, 9.17) is 0 Å². The van der Waals surface area contributed by atoms with E-state index < -0.39 is 29.6 Å². The van der Waals surface area contributed by atoms with Crippen LogP contribution in [-0.2, 0) is 0 Å². The lowest BCUT2D eigenvalue weighted by molar-refractivity contribution is -0.275. The number of imidazole rings is 1.